The zero-order chi connectivity index (χ0) is 13.2. The lowest BCUT2D eigenvalue weighted by molar-refractivity contribution is 0.260. The van der Waals surface area contributed by atoms with E-state index >= 15 is 0 Å². The summed E-state index contributed by atoms with van der Waals surface area (Å²) in [5, 5.41) is 13.7. The second kappa shape index (κ2) is 4.75. The molecular weight excluding hydrogens is 244 g/mol. The van der Waals surface area contributed by atoms with Gasteiger partial charge >= 0.3 is 0 Å². The number of fused-ring (bicyclic) bond motifs is 1. The monoisotopic (exact) mass is 256 g/mol. The fraction of sp³-hybridized carbons (Fsp3) is 0.154. The standard InChI is InChI=1S/C13H12N4O2/c14-10(7-18)12-16-13(19-17-12)9-5-6-15-11-4-2-1-3-8(9)11/h1-6,10,18H,7,14H2. The van der Waals surface area contributed by atoms with Crippen LogP contribution in [0.5, 0.6) is 0 Å². The summed E-state index contributed by atoms with van der Waals surface area (Å²) in [6.45, 7) is -0.226. The largest absolute Gasteiger partial charge is 0.394 e. The third-order valence-electron chi connectivity index (χ3n) is 2.85. The molecule has 0 bridgehead atoms. The molecule has 3 N–H and O–H groups in total. The van der Waals surface area contributed by atoms with Gasteiger partial charge in [-0.25, -0.2) is 0 Å². The first-order valence-corrected chi connectivity index (χ1v) is 5.84. The van der Waals surface area contributed by atoms with Crippen LogP contribution in [-0.2, 0) is 0 Å². The molecule has 2 heterocycles. The maximum Gasteiger partial charge on any atom is 0.258 e. The van der Waals surface area contributed by atoms with E-state index in [9.17, 15) is 0 Å². The predicted octanol–water partition coefficient (Wildman–Crippen LogP) is 1.28. The zero-order valence-electron chi connectivity index (χ0n) is 10.0. The average molecular weight is 256 g/mol. The molecule has 0 fully saturated rings. The molecular formula is C13H12N4O2. The molecule has 6 nitrogen and oxygen atoms in total. The van der Waals surface area contributed by atoms with Crippen LogP contribution in [0.2, 0.25) is 0 Å². The first-order chi connectivity index (χ1) is 9.29. The Morgan fingerprint density at radius 2 is 2.11 bits per heavy atom. The lowest BCUT2D eigenvalue weighted by Crippen LogP contribution is -2.15. The zero-order valence-corrected chi connectivity index (χ0v) is 10.0. The number of rotatable bonds is 3. The van der Waals surface area contributed by atoms with Crippen LogP contribution >= 0.6 is 0 Å². The minimum Gasteiger partial charge on any atom is -0.394 e. The van der Waals surface area contributed by atoms with Crippen LogP contribution < -0.4 is 5.73 Å². The van der Waals surface area contributed by atoms with E-state index in [4.69, 9.17) is 15.4 Å². The highest BCUT2D eigenvalue weighted by Gasteiger charge is 2.16. The minimum absolute atomic E-state index is 0.226. The van der Waals surface area contributed by atoms with E-state index in [1.165, 1.54) is 0 Å². The second-order valence-corrected chi connectivity index (χ2v) is 4.12. The van der Waals surface area contributed by atoms with Gasteiger partial charge in [0.05, 0.1) is 23.7 Å². The van der Waals surface area contributed by atoms with E-state index in [1.807, 2.05) is 30.3 Å². The third-order valence-corrected chi connectivity index (χ3v) is 2.85. The molecule has 0 aliphatic heterocycles. The molecule has 1 aromatic carbocycles. The van der Waals surface area contributed by atoms with Gasteiger partial charge in [0.15, 0.2) is 5.82 Å². The second-order valence-electron chi connectivity index (χ2n) is 4.12. The molecule has 3 rings (SSSR count). The molecule has 0 aliphatic rings. The number of aromatic nitrogens is 3. The Morgan fingerprint density at radius 1 is 1.26 bits per heavy atom. The van der Waals surface area contributed by atoms with Crippen LogP contribution in [0.3, 0.4) is 0 Å². The summed E-state index contributed by atoms with van der Waals surface area (Å²) < 4.78 is 5.20. The van der Waals surface area contributed by atoms with Gasteiger partial charge < -0.3 is 15.4 Å². The quantitative estimate of drug-likeness (QED) is 0.732. The maximum absolute atomic E-state index is 8.98. The van der Waals surface area contributed by atoms with Gasteiger partial charge in [-0.15, -0.1) is 0 Å². The Balaban J connectivity index is 2.12. The number of benzene rings is 1. The summed E-state index contributed by atoms with van der Waals surface area (Å²) in [5.41, 5.74) is 7.30. The van der Waals surface area contributed by atoms with Crippen LogP contribution in [0.1, 0.15) is 11.9 Å². The highest BCUT2D eigenvalue weighted by atomic mass is 16.5. The minimum atomic E-state index is -0.634. The molecule has 3 aromatic rings. The first kappa shape index (κ1) is 11.8. The normalized spacial score (nSPS) is 12.7. The number of para-hydroxylation sites is 1. The lowest BCUT2D eigenvalue weighted by Gasteiger charge is -2.01. The molecule has 1 atom stereocenters. The van der Waals surface area contributed by atoms with Gasteiger partial charge in [0, 0.05) is 11.6 Å². The van der Waals surface area contributed by atoms with E-state index in [2.05, 4.69) is 15.1 Å². The Kier molecular flexibility index (Phi) is 2.94. The maximum atomic E-state index is 8.98. The van der Waals surface area contributed by atoms with E-state index < -0.39 is 6.04 Å². The van der Waals surface area contributed by atoms with E-state index in [1.54, 1.807) is 6.20 Å². The van der Waals surface area contributed by atoms with Crippen molar-refractivity contribution in [1.82, 2.24) is 15.1 Å². The van der Waals surface area contributed by atoms with E-state index in [0.29, 0.717) is 11.7 Å². The number of aliphatic hydroxyl groups is 1. The van der Waals surface area contributed by atoms with Crippen LogP contribution in [0.4, 0.5) is 0 Å². The van der Waals surface area contributed by atoms with Crippen molar-refractivity contribution in [2.24, 2.45) is 5.73 Å². The molecule has 2 aromatic heterocycles. The van der Waals surface area contributed by atoms with Crippen molar-refractivity contribution in [1.29, 1.82) is 0 Å². The van der Waals surface area contributed by atoms with Gasteiger partial charge in [-0.2, -0.15) is 4.98 Å². The predicted molar refractivity (Wildman–Crippen MR) is 69.0 cm³/mol. The molecule has 19 heavy (non-hydrogen) atoms. The molecule has 0 spiro atoms. The summed E-state index contributed by atoms with van der Waals surface area (Å²) in [4.78, 5) is 8.48. The third kappa shape index (κ3) is 2.07. The summed E-state index contributed by atoms with van der Waals surface area (Å²) >= 11 is 0. The molecule has 96 valence electrons. The number of aliphatic hydroxyl groups excluding tert-OH is 1. The molecule has 0 aliphatic carbocycles. The van der Waals surface area contributed by atoms with Gasteiger partial charge in [0.1, 0.15) is 0 Å². The van der Waals surface area contributed by atoms with Crippen molar-refractivity contribution < 1.29 is 9.63 Å². The van der Waals surface area contributed by atoms with Crippen molar-refractivity contribution >= 4 is 10.9 Å². The van der Waals surface area contributed by atoms with Crippen molar-refractivity contribution in [2.45, 2.75) is 6.04 Å². The average Bonchev–Trinajstić information content (AvgIpc) is 2.95. The molecule has 0 saturated heterocycles. The fourth-order valence-electron chi connectivity index (χ4n) is 1.86. The van der Waals surface area contributed by atoms with Crippen LogP contribution in [0, 0.1) is 0 Å². The van der Waals surface area contributed by atoms with Gasteiger partial charge in [-0.3, -0.25) is 4.98 Å². The lowest BCUT2D eigenvalue weighted by atomic mass is 10.1. The summed E-state index contributed by atoms with van der Waals surface area (Å²) in [7, 11) is 0. The van der Waals surface area contributed by atoms with Crippen LogP contribution in [0.25, 0.3) is 22.4 Å². The topological polar surface area (TPSA) is 98.1 Å². The highest BCUT2D eigenvalue weighted by molar-refractivity contribution is 5.91. The smallest absolute Gasteiger partial charge is 0.258 e. The first-order valence-electron chi connectivity index (χ1n) is 5.84. The van der Waals surface area contributed by atoms with Crippen molar-refractivity contribution in [3.8, 4) is 11.5 Å². The number of hydrogen-bond donors (Lipinski definition) is 2. The molecule has 1 unspecified atom stereocenters. The van der Waals surface area contributed by atoms with E-state index in [-0.39, 0.29) is 6.61 Å². The molecule has 6 heteroatoms. The molecule has 0 saturated carbocycles. The molecule has 0 radical (unpaired) electrons. The number of hydrogen-bond acceptors (Lipinski definition) is 6. The van der Waals surface area contributed by atoms with Gasteiger partial charge in [0.2, 0.25) is 0 Å². The van der Waals surface area contributed by atoms with Gasteiger partial charge in [-0.1, -0.05) is 23.4 Å². The van der Waals surface area contributed by atoms with Gasteiger partial charge in [0.25, 0.3) is 5.89 Å². The van der Waals surface area contributed by atoms with Gasteiger partial charge in [-0.05, 0) is 12.1 Å². The van der Waals surface area contributed by atoms with Crippen molar-refractivity contribution in [3.63, 3.8) is 0 Å². The highest BCUT2D eigenvalue weighted by Crippen LogP contribution is 2.26. The Bertz CT molecular complexity index is 705. The Morgan fingerprint density at radius 3 is 2.95 bits per heavy atom. The van der Waals surface area contributed by atoms with Crippen molar-refractivity contribution in [2.75, 3.05) is 6.61 Å². The number of pyridine rings is 1. The Hall–Kier alpha value is -2.31. The van der Waals surface area contributed by atoms with E-state index in [0.717, 1.165) is 16.5 Å². The van der Waals surface area contributed by atoms with Crippen molar-refractivity contribution in [3.05, 3.63) is 42.4 Å². The fourth-order valence-corrected chi connectivity index (χ4v) is 1.86. The molecule has 0 amide bonds. The summed E-state index contributed by atoms with van der Waals surface area (Å²) in [6, 6.07) is 8.86. The van der Waals surface area contributed by atoms with Crippen LogP contribution in [0.15, 0.2) is 41.1 Å². The summed E-state index contributed by atoms with van der Waals surface area (Å²) in [6.07, 6.45) is 1.69. The van der Waals surface area contributed by atoms with Crippen LogP contribution in [-0.4, -0.2) is 26.8 Å². The summed E-state index contributed by atoms with van der Waals surface area (Å²) in [5.74, 6) is 0.663. The number of nitrogens with zero attached hydrogens (tertiary/aromatic N) is 3. The SMILES string of the molecule is NC(CO)c1noc(-c2ccnc3ccccc23)n1. The Labute approximate surface area is 108 Å². The number of nitrogens with two attached hydrogens (primary N) is 1.